The molecule has 126 valence electrons. The average molecular weight is 332 g/mol. The first-order valence-corrected chi connectivity index (χ1v) is 7.26. The summed E-state index contributed by atoms with van der Waals surface area (Å²) in [5.74, 6) is 3.69. The van der Waals surface area contributed by atoms with Crippen LogP contribution in [0.3, 0.4) is 0 Å². The van der Waals surface area contributed by atoms with E-state index in [4.69, 9.17) is 17.0 Å². The summed E-state index contributed by atoms with van der Waals surface area (Å²) >= 11 is 0. The van der Waals surface area contributed by atoms with E-state index in [0.29, 0.717) is 17.8 Å². The number of aromatic amines is 1. The number of hydrogen-bond acceptors (Lipinski definition) is 4. The van der Waals surface area contributed by atoms with E-state index in [1.54, 1.807) is 12.1 Å². The zero-order chi connectivity index (χ0) is 17.7. The fraction of sp³-hybridized carbons (Fsp3) is 0.188. The molecule has 24 heavy (non-hydrogen) atoms. The number of nitrogen functional groups attached to an aromatic ring is 1. The predicted octanol–water partition coefficient (Wildman–Crippen LogP) is 2.79. The van der Waals surface area contributed by atoms with Gasteiger partial charge in [0, 0.05) is 17.7 Å². The first kappa shape index (κ1) is 17.3. The molecule has 0 spiro atoms. The Bertz CT molecular complexity index is 794. The third-order valence-corrected chi connectivity index (χ3v) is 3.53. The molecule has 1 heterocycles. The third-order valence-electron chi connectivity index (χ3n) is 3.53. The molecule has 0 radical (unpaired) electrons. The molecule has 2 rings (SSSR count). The van der Waals surface area contributed by atoms with Crippen LogP contribution >= 0.6 is 0 Å². The lowest BCUT2D eigenvalue weighted by Gasteiger charge is -2.12. The van der Waals surface area contributed by atoms with Gasteiger partial charge >= 0.3 is 0 Å². The topological polar surface area (TPSA) is 116 Å². The van der Waals surface area contributed by atoms with Crippen LogP contribution in [0, 0.1) is 17.0 Å². The normalized spacial score (nSPS) is 13.4. The fourth-order valence-electron chi connectivity index (χ4n) is 2.30. The van der Waals surface area contributed by atoms with Gasteiger partial charge in [0.15, 0.2) is 5.82 Å². The summed E-state index contributed by atoms with van der Waals surface area (Å²) < 4.78 is 26.6. The van der Waals surface area contributed by atoms with Crippen LogP contribution in [0.5, 0.6) is 0 Å². The highest BCUT2D eigenvalue weighted by Crippen LogP contribution is 2.22. The van der Waals surface area contributed by atoms with Gasteiger partial charge < -0.3 is 16.6 Å². The molecule has 0 saturated heterocycles. The number of hydrogen-bond donors (Lipinski definition) is 4. The van der Waals surface area contributed by atoms with Crippen molar-refractivity contribution in [2.24, 2.45) is 21.7 Å². The number of halogens is 2. The number of amidine groups is 1. The minimum atomic E-state index is -0.769. The molecule has 0 aliphatic rings. The summed E-state index contributed by atoms with van der Waals surface area (Å²) in [6, 6.07) is 6.58. The Morgan fingerprint density at radius 3 is 2.62 bits per heavy atom. The summed E-state index contributed by atoms with van der Waals surface area (Å²) in [4.78, 5) is 7.02. The van der Waals surface area contributed by atoms with Gasteiger partial charge in [-0.3, -0.25) is 10.4 Å². The molecule has 8 heteroatoms. The Hall–Kier alpha value is -3.03. The summed E-state index contributed by atoms with van der Waals surface area (Å²) in [6.45, 7) is 1.93. The van der Waals surface area contributed by atoms with Crippen LogP contribution in [-0.4, -0.2) is 22.7 Å². The molecule has 0 amide bonds. The minimum Gasteiger partial charge on any atom is -0.382 e. The van der Waals surface area contributed by atoms with Crippen LogP contribution in [0.15, 0.2) is 40.4 Å². The largest absolute Gasteiger partial charge is 0.382 e. The molecule has 0 saturated carbocycles. The zero-order valence-corrected chi connectivity index (χ0v) is 13.1. The molecule has 6 N–H and O–H groups in total. The van der Waals surface area contributed by atoms with Gasteiger partial charge in [0.25, 0.3) is 0 Å². The first-order chi connectivity index (χ1) is 11.5. The van der Waals surface area contributed by atoms with Crippen molar-refractivity contribution in [1.29, 1.82) is 5.41 Å². The van der Waals surface area contributed by atoms with Crippen molar-refractivity contribution in [2.75, 3.05) is 0 Å². The number of nitrogens with two attached hydrogens (primary N) is 2. The maximum atomic E-state index is 13.6. The summed E-state index contributed by atoms with van der Waals surface area (Å²) in [5, 5.41) is 11.1. The van der Waals surface area contributed by atoms with Gasteiger partial charge in [-0.2, -0.15) is 5.10 Å². The van der Waals surface area contributed by atoms with E-state index >= 15 is 0 Å². The lowest BCUT2D eigenvalue weighted by molar-refractivity contribution is 0.585. The smallest absolute Gasteiger partial charge is 0.151 e. The number of aromatic nitrogens is 1. The molecule has 1 aromatic heterocycles. The van der Waals surface area contributed by atoms with Crippen LogP contribution < -0.4 is 11.6 Å². The van der Waals surface area contributed by atoms with E-state index in [1.807, 2.05) is 6.92 Å². The van der Waals surface area contributed by atoms with Gasteiger partial charge in [-0.05, 0) is 30.7 Å². The number of H-pyrrole nitrogens is 1. The van der Waals surface area contributed by atoms with Crippen molar-refractivity contribution in [3.8, 4) is 0 Å². The number of nitrogens with one attached hydrogen (secondary N) is 2. The van der Waals surface area contributed by atoms with E-state index in [2.05, 4.69) is 15.1 Å². The molecule has 1 atom stereocenters. The number of nitrogens with zero attached hydrogens (tertiary/aromatic N) is 2. The Balaban J connectivity index is 2.27. The SMILES string of the molecule is CCC(C(C=Nc1ccc(F)cc1F)=NN)c1ccc(C(=N)N)[nH]1. The van der Waals surface area contributed by atoms with Crippen LogP contribution in [0.4, 0.5) is 14.5 Å². The Kier molecular flexibility index (Phi) is 5.41. The maximum Gasteiger partial charge on any atom is 0.151 e. The lowest BCUT2D eigenvalue weighted by atomic mass is 9.97. The van der Waals surface area contributed by atoms with Gasteiger partial charge in [0.05, 0.1) is 23.3 Å². The molecule has 1 unspecified atom stereocenters. The second-order valence-corrected chi connectivity index (χ2v) is 5.11. The molecular formula is C16H18F2N6. The Morgan fingerprint density at radius 1 is 1.33 bits per heavy atom. The Morgan fingerprint density at radius 2 is 2.08 bits per heavy atom. The predicted molar refractivity (Wildman–Crippen MR) is 91.0 cm³/mol. The highest BCUT2D eigenvalue weighted by atomic mass is 19.1. The van der Waals surface area contributed by atoms with Crippen LogP contribution in [-0.2, 0) is 0 Å². The Labute approximate surface area is 137 Å². The molecular weight excluding hydrogens is 314 g/mol. The van der Waals surface area contributed by atoms with Gasteiger partial charge in [-0.25, -0.2) is 8.78 Å². The van der Waals surface area contributed by atoms with Gasteiger partial charge in [0.2, 0.25) is 0 Å². The van der Waals surface area contributed by atoms with E-state index in [-0.39, 0.29) is 17.4 Å². The van der Waals surface area contributed by atoms with Crippen molar-refractivity contribution in [1.82, 2.24) is 4.98 Å². The van der Waals surface area contributed by atoms with E-state index in [9.17, 15) is 8.78 Å². The molecule has 0 bridgehead atoms. The highest BCUT2D eigenvalue weighted by Gasteiger charge is 2.18. The van der Waals surface area contributed by atoms with Crippen molar-refractivity contribution in [3.63, 3.8) is 0 Å². The van der Waals surface area contributed by atoms with Crippen LogP contribution in [0.25, 0.3) is 0 Å². The molecule has 0 aliphatic heterocycles. The second-order valence-electron chi connectivity index (χ2n) is 5.11. The molecule has 2 aromatic rings. The molecule has 0 aliphatic carbocycles. The van der Waals surface area contributed by atoms with Gasteiger partial charge in [-0.1, -0.05) is 6.92 Å². The van der Waals surface area contributed by atoms with Crippen molar-refractivity contribution in [3.05, 3.63) is 53.4 Å². The number of hydrazone groups is 1. The van der Waals surface area contributed by atoms with Crippen molar-refractivity contribution in [2.45, 2.75) is 19.3 Å². The summed E-state index contributed by atoms with van der Waals surface area (Å²) in [5.41, 5.74) is 7.09. The van der Waals surface area contributed by atoms with Crippen molar-refractivity contribution >= 4 is 23.4 Å². The summed E-state index contributed by atoms with van der Waals surface area (Å²) in [6.07, 6.45) is 1.99. The average Bonchev–Trinajstić information content (AvgIpc) is 3.02. The second kappa shape index (κ2) is 7.49. The highest BCUT2D eigenvalue weighted by molar-refractivity contribution is 6.33. The standard InChI is InChI=1S/C16H18F2N6/c1-2-10(12-5-6-14(23-12)16(19)20)15(24-21)8-22-13-4-3-9(17)7-11(13)18/h3-8,10,23H,2,21H2,1H3,(H3,19,20). The maximum absolute atomic E-state index is 13.6. The quantitative estimate of drug-likeness (QED) is 0.282. The van der Waals surface area contributed by atoms with Crippen LogP contribution in [0.2, 0.25) is 0 Å². The van der Waals surface area contributed by atoms with Gasteiger partial charge in [0.1, 0.15) is 11.7 Å². The van der Waals surface area contributed by atoms with Crippen molar-refractivity contribution < 1.29 is 8.78 Å². The number of rotatable bonds is 6. The van der Waals surface area contributed by atoms with E-state index < -0.39 is 11.6 Å². The summed E-state index contributed by atoms with van der Waals surface area (Å²) in [7, 11) is 0. The van der Waals surface area contributed by atoms with Gasteiger partial charge in [-0.15, -0.1) is 0 Å². The monoisotopic (exact) mass is 332 g/mol. The number of benzene rings is 1. The fourth-order valence-corrected chi connectivity index (χ4v) is 2.30. The third kappa shape index (κ3) is 3.83. The zero-order valence-electron chi connectivity index (χ0n) is 13.1. The number of aliphatic imine (C=N–C) groups is 1. The van der Waals surface area contributed by atoms with E-state index in [1.165, 1.54) is 12.3 Å². The van der Waals surface area contributed by atoms with E-state index in [0.717, 1.165) is 17.8 Å². The molecule has 1 aromatic carbocycles. The molecule has 0 fully saturated rings. The van der Waals surface area contributed by atoms with Crippen LogP contribution in [0.1, 0.15) is 30.7 Å². The lowest BCUT2D eigenvalue weighted by Crippen LogP contribution is -2.17. The molecule has 6 nitrogen and oxygen atoms in total. The minimum absolute atomic E-state index is 0.0108. The first-order valence-electron chi connectivity index (χ1n) is 7.26.